The number of carbonyl (C=O) groups is 1. The topological polar surface area (TPSA) is 69.8 Å². The fourth-order valence-corrected chi connectivity index (χ4v) is 2.16. The molecule has 3 rings (SSSR count). The molecule has 2 amide bonds. The lowest BCUT2D eigenvalue weighted by atomic mass is 10.1. The summed E-state index contributed by atoms with van der Waals surface area (Å²) >= 11 is 0. The van der Waals surface area contributed by atoms with E-state index in [0.29, 0.717) is 11.7 Å². The van der Waals surface area contributed by atoms with Crippen LogP contribution in [0.15, 0.2) is 24.3 Å². The number of urea groups is 1. The van der Waals surface area contributed by atoms with Gasteiger partial charge in [-0.05, 0) is 43.9 Å². The molecule has 0 atom stereocenters. The van der Waals surface area contributed by atoms with Crippen LogP contribution in [0.5, 0.6) is 0 Å². The Kier molecular flexibility index (Phi) is 3.18. The highest BCUT2D eigenvalue weighted by Gasteiger charge is 2.25. The number of benzene rings is 1. The zero-order chi connectivity index (χ0) is 14.1. The fraction of sp³-hybridized carbons (Fsp3) is 0.333. The van der Waals surface area contributed by atoms with Gasteiger partial charge in [0.2, 0.25) is 0 Å². The summed E-state index contributed by atoms with van der Waals surface area (Å²) in [4.78, 5) is 12.0. The second kappa shape index (κ2) is 5.00. The predicted molar refractivity (Wildman–Crippen MR) is 79.1 cm³/mol. The second-order valence-electron chi connectivity index (χ2n) is 5.31. The molecule has 1 aromatic carbocycles. The summed E-state index contributed by atoms with van der Waals surface area (Å²) in [6.07, 6.45) is 2.41. The fourth-order valence-electron chi connectivity index (χ4n) is 2.16. The minimum Gasteiger partial charge on any atom is -0.307 e. The van der Waals surface area contributed by atoms with Crippen molar-refractivity contribution in [2.75, 3.05) is 10.6 Å². The SMILES string of the molecule is Cc1cccc(NC(=O)Nc2cc(C3CC3)[nH]n2)c1C. The van der Waals surface area contributed by atoms with Crippen molar-refractivity contribution >= 4 is 17.5 Å². The summed E-state index contributed by atoms with van der Waals surface area (Å²) in [6, 6.07) is 7.47. The Morgan fingerprint density at radius 3 is 2.85 bits per heavy atom. The largest absolute Gasteiger partial charge is 0.324 e. The van der Waals surface area contributed by atoms with Gasteiger partial charge in [-0.3, -0.25) is 10.4 Å². The van der Waals surface area contributed by atoms with E-state index >= 15 is 0 Å². The van der Waals surface area contributed by atoms with Crippen molar-refractivity contribution < 1.29 is 4.79 Å². The zero-order valence-electron chi connectivity index (χ0n) is 11.7. The Bertz CT molecular complexity index is 643. The van der Waals surface area contributed by atoms with E-state index in [1.54, 1.807) is 0 Å². The molecule has 1 fully saturated rings. The van der Waals surface area contributed by atoms with E-state index in [9.17, 15) is 4.79 Å². The van der Waals surface area contributed by atoms with Crippen molar-refractivity contribution in [1.29, 1.82) is 0 Å². The van der Waals surface area contributed by atoms with Gasteiger partial charge in [0.05, 0.1) is 0 Å². The number of rotatable bonds is 3. The molecule has 1 aromatic heterocycles. The number of hydrogen-bond acceptors (Lipinski definition) is 2. The van der Waals surface area contributed by atoms with Crippen molar-refractivity contribution in [1.82, 2.24) is 10.2 Å². The summed E-state index contributed by atoms with van der Waals surface area (Å²) in [5.74, 6) is 1.16. The quantitative estimate of drug-likeness (QED) is 0.798. The van der Waals surface area contributed by atoms with Gasteiger partial charge in [0.1, 0.15) is 0 Å². The van der Waals surface area contributed by atoms with Crippen LogP contribution in [0.25, 0.3) is 0 Å². The van der Waals surface area contributed by atoms with Gasteiger partial charge in [0.15, 0.2) is 5.82 Å². The van der Waals surface area contributed by atoms with Crippen LogP contribution in [0.3, 0.4) is 0 Å². The van der Waals surface area contributed by atoms with Crippen LogP contribution in [0.1, 0.15) is 35.6 Å². The predicted octanol–water partition coefficient (Wildman–Crippen LogP) is 3.55. The lowest BCUT2D eigenvalue weighted by Gasteiger charge is -2.10. The first-order valence-electron chi connectivity index (χ1n) is 6.83. The monoisotopic (exact) mass is 270 g/mol. The molecule has 2 aromatic rings. The molecule has 1 heterocycles. The summed E-state index contributed by atoms with van der Waals surface area (Å²) in [7, 11) is 0. The van der Waals surface area contributed by atoms with E-state index in [-0.39, 0.29) is 6.03 Å². The number of amides is 2. The number of hydrogen-bond donors (Lipinski definition) is 3. The first-order chi connectivity index (χ1) is 9.63. The third-order valence-electron chi connectivity index (χ3n) is 3.71. The van der Waals surface area contributed by atoms with Gasteiger partial charge in [0.25, 0.3) is 0 Å². The highest BCUT2D eigenvalue weighted by atomic mass is 16.2. The van der Waals surface area contributed by atoms with E-state index < -0.39 is 0 Å². The average molecular weight is 270 g/mol. The molecule has 3 N–H and O–H groups in total. The number of aromatic nitrogens is 2. The smallest absolute Gasteiger partial charge is 0.307 e. The number of nitrogens with zero attached hydrogens (tertiary/aromatic N) is 1. The van der Waals surface area contributed by atoms with E-state index in [2.05, 4.69) is 20.8 Å². The van der Waals surface area contributed by atoms with Crippen LogP contribution in [-0.2, 0) is 0 Å². The highest BCUT2D eigenvalue weighted by molar-refractivity contribution is 5.99. The van der Waals surface area contributed by atoms with Crippen molar-refractivity contribution in [2.45, 2.75) is 32.6 Å². The summed E-state index contributed by atoms with van der Waals surface area (Å²) < 4.78 is 0. The van der Waals surface area contributed by atoms with Crippen LogP contribution in [0.4, 0.5) is 16.3 Å². The maximum Gasteiger partial charge on any atom is 0.324 e. The molecular weight excluding hydrogens is 252 g/mol. The van der Waals surface area contributed by atoms with Gasteiger partial charge in [-0.1, -0.05) is 12.1 Å². The molecule has 0 radical (unpaired) electrons. The van der Waals surface area contributed by atoms with Gasteiger partial charge in [-0.25, -0.2) is 4.79 Å². The molecule has 0 spiro atoms. The number of nitrogens with one attached hydrogen (secondary N) is 3. The Hall–Kier alpha value is -2.30. The Labute approximate surface area is 117 Å². The Morgan fingerprint density at radius 2 is 2.10 bits per heavy atom. The van der Waals surface area contributed by atoms with Gasteiger partial charge >= 0.3 is 6.03 Å². The molecule has 5 nitrogen and oxygen atoms in total. The maximum atomic E-state index is 12.0. The minimum atomic E-state index is -0.271. The van der Waals surface area contributed by atoms with Crippen LogP contribution in [0, 0.1) is 13.8 Å². The Balaban J connectivity index is 1.65. The van der Waals surface area contributed by atoms with Crippen molar-refractivity contribution in [2.24, 2.45) is 0 Å². The zero-order valence-corrected chi connectivity index (χ0v) is 11.7. The first kappa shape index (κ1) is 12.7. The van der Waals surface area contributed by atoms with Gasteiger partial charge < -0.3 is 5.32 Å². The molecule has 0 aliphatic heterocycles. The van der Waals surface area contributed by atoms with Crippen molar-refractivity contribution in [3.05, 3.63) is 41.1 Å². The third kappa shape index (κ3) is 2.66. The number of anilines is 2. The summed E-state index contributed by atoms with van der Waals surface area (Å²) in [6.45, 7) is 4.01. The first-order valence-corrected chi connectivity index (χ1v) is 6.83. The Morgan fingerprint density at radius 1 is 1.30 bits per heavy atom. The minimum absolute atomic E-state index is 0.271. The van der Waals surface area contributed by atoms with Crippen LogP contribution >= 0.6 is 0 Å². The normalized spacial score (nSPS) is 14.1. The molecule has 1 saturated carbocycles. The molecule has 0 unspecified atom stereocenters. The number of carbonyl (C=O) groups excluding carboxylic acids is 1. The van der Waals surface area contributed by atoms with Crippen LogP contribution < -0.4 is 10.6 Å². The standard InChI is InChI=1S/C15H18N4O/c1-9-4-3-5-12(10(9)2)16-15(20)17-14-8-13(18-19-14)11-6-7-11/h3-5,8,11H,6-7H2,1-2H3,(H3,16,17,18,19,20). The molecule has 0 saturated heterocycles. The van der Waals surface area contributed by atoms with E-state index in [1.165, 1.54) is 12.8 Å². The maximum absolute atomic E-state index is 12.0. The van der Waals surface area contributed by atoms with Crippen molar-refractivity contribution in [3.63, 3.8) is 0 Å². The molecule has 1 aliphatic rings. The average Bonchev–Trinajstić information content (AvgIpc) is 3.16. The third-order valence-corrected chi connectivity index (χ3v) is 3.71. The molecular formula is C15H18N4O. The lowest BCUT2D eigenvalue weighted by Crippen LogP contribution is -2.20. The molecule has 104 valence electrons. The van der Waals surface area contributed by atoms with Gasteiger partial charge in [-0.2, -0.15) is 5.10 Å². The van der Waals surface area contributed by atoms with Crippen LogP contribution in [-0.4, -0.2) is 16.2 Å². The number of H-pyrrole nitrogens is 1. The summed E-state index contributed by atoms with van der Waals surface area (Å²) in [5, 5.41) is 12.7. The summed E-state index contributed by atoms with van der Waals surface area (Å²) in [5.41, 5.74) is 4.15. The van der Waals surface area contributed by atoms with Gasteiger partial charge in [-0.15, -0.1) is 0 Å². The van der Waals surface area contributed by atoms with E-state index in [0.717, 1.165) is 22.5 Å². The lowest BCUT2D eigenvalue weighted by molar-refractivity contribution is 0.262. The molecule has 0 bridgehead atoms. The second-order valence-corrected chi connectivity index (χ2v) is 5.31. The van der Waals surface area contributed by atoms with Crippen molar-refractivity contribution in [3.8, 4) is 0 Å². The number of aromatic amines is 1. The van der Waals surface area contributed by atoms with Crippen LogP contribution in [0.2, 0.25) is 0 Å². The van der Waals surface area contributed by atoms with E-state index in [1.807, 2.05) is 38.1 Å². The highest BCUT2D eigenvalue weighted by Crippen LogP contribution is 2.39. The number of aryl methyl sites for hydroxylation is 1. The molecule has 20 heavy (non-hydrogen) atoms. The molecule has 5 heteroatoms. The van der Waals surface area contributed by atoms with Gasteiger partial charge in [0, 0.05) is 23.4 Å². The molecule has 1 aliphatic carbocycles. The van der Waals surface area contributed by atoms with E-state index in [4.69, 9.17) is 0 Å².